The number of carbonyl (C=O) groups excluding carboxylic acids is 2. The van der Waals surface area contributed by atoms with Crippen molar-refractivity contribution in [1.29, 1.82) is 0 Å². The van der Waals surface area contributed by atoms with E-state index in [-0.39, 0.29) is 13.2 Å². The molecule has 5 heteroatoms. The lowest BCUT2D eigenvalue weighted by Gasteiger charge is -2.13. The number of esters is 2. The Balaban J connectivity index is 2.59. The Bertz CT molecular complexity index is 690. The Hall–Kier alpha value is -2.56. The van der Waals surface area contributed by atoms with Crippen molar-refractivity contribution in [2.75, 3.05) is 13.2 Å². The average Bonchev–Trinajstić information content (AvgIpc) is 2.80. The maximum atomic E-state index is 12.4. The first-order valence-corrected chi connectivity index (χ1v) is 8.09. The van der Waals surface area contributed by atoms with Crippen LogP contribution in [0.25, 0.3) is 0 Å². The molecule has 1 aromatic heterocycles. The van der Waals surface area contributed by atoms with Gasteiger partial charge in [-0.3, -0.25) is 0 Å². The fourth-order valence-corrected chi connectivity index (χ4v) is 2.72. The van der Waals surface area contributed by atoms with Gasteiger partial charge < -0.3 is 14.0 Å². The molecule has 2 rings (SSSR count). The van der Waals surface area contributed by atoms with Gasteiger partial charge in [-0.2, -0.15) is 0 Å². The summed E-state index contributed by atoms with van der Waals surface area (Å²) in [6.07, 6.45) is 0. The molecule has 0 fully saturated rings. The van der Waals surface area contributed by atoms with Gasteiger partial charge in [0.25, 0.3) is 0 Å². The maximum Gasteiger partial charge on any atom is 0.355 e. The van der Waals surface area contributed by atoms with Crippen molar-refractivity contribution >= 4 is 11.9 Å². The lowest BCUT2D eigenvalue weighted by atomic mass is 10.1. The molecule has 0 saturated carbocycles. The molecule has 1 heterocycles. The summed E-state index contributed by atoms with van der Waals surface area (Å²) in [5, 5.41) is 0. The second kappa shape index (κ2) is 7.81. The minimum atomic E-state index is -0.426. The van der Waals surface area contributed by atoms with E-state index in [2.05, 4.69) is 0 Å². The molecular formula is C19H23NO4. The molecule has 0 atom stereocenters. The number of ether oxygens (including phenoxy) is 2. The van der Waals surface area contributed by atoms with Gasteiger partial charge in [-0.15, -0.1) is 0 Å². The smallest absolute Gasteiger partial charge is 0.355 e. The standard InChI is InChI=1S/C19H23NO4/c1-5-23-18(21)16-13(3)14(4)17(19(22)24-6-2)20(16)12-15-10-8-7-9-11-15/h7-11H,5-6,12H2,1-4H3. The van der Waals surface area contributed by atoms with Gasteiger partial charge in [0.05, 0.1) is 13.2 Å². The van der Waals surface area contributed by atoms with Crippen molar-refractivity contribution in [2.45, 2.75) is 34.2 Å². The molecule has 0 bridgehead atoms. The van der Waals surface area contributed by atoms with Crippen LogP contribution in [-0.4, -0.2) is 29.7 Å². The molecule has 0 aliphatic rings. The van der Waals surface area contributed by atoms with Crippen molar-refractivity contribution in [1.82, 2.24) is 4.57 Å². The van der Waals surface area contributed by atoms with Crippen molar-refractivity contribution < 1.29 is 19.1 Å². The molecule has 24 heavy (non-hydrogen) atoms. The van der Waals surface area contributed by atoms with E-state index in [1.807, 2.05) is 44.2 Å². The molecular weight excluding hydrogens is 306 g/mol. The van der Waals surface area contributed by atoms with Gasteiger partial charge in [0.15, 0.2) is 0 Å². The van der Waals surface area contributed by atoms with E-state index in [0.717, 1.165) is 16.7 Å². The van der Waals surface area contributed by atoms with Crippen LogP contribution in [0.1, 0.15) is 51.5 Å². The van der Waals surface area contributed by atoms with E-state index in [9.17, 15) is 9.59 Å². The summed E-state index contributed by atoms with van der Waals surface area (Å²) in [6.45, 7) is 8.13. The number of rotatable bonds is 6. The van der Waals surface area contributed by atoms with Gasteiger partial charge >= 0.3 is 11.9 Å². The zero-order valence-electron chi connectivity index (χ0n) is 14.6. The molecule has 0 N–H and O–H groups in total. The monoisotopic (exact) mass is 329 g/mol. The van der Waals surface area contributed by atoms with Crippen LogP contribution in [0.3, 0.4) is 0 Å². The third-order valence-electron chi connectivity index (χ3n) is 3.93. The highest BCUT2D eigenvalue weighted by Gasteiger charge is 2.28. The SMILES string of the molecule is CCOC(=O)c1c(C)c(C)c(C(=O)OCC)n1Cc1ccccc1. The van der Waals surface area contributed by atoms with E-state index in [4.69, 9.17) is 9.47 Å². The van der Waals surface area contributed by atoms with E-state index < -0.39 is 11.9 Å². The van der Waals surface area contributed by atoms with Crippen LogP contribution in [0.5, 0.6) is 0 Å². The quantitative estimate of drug-likeness (QED) is 0.761. The van der Waals surface area contributed by atoms with Crippen LogP contribution in [-0.2, 0) is 16.0 Å². The Kier molecular flexibility index (Phi) is 5.79. The van der Waals surface area contributed by atoms with Crippen LogP contribution in [0.2, 0.25) is 0 Å². The highest BCUT2D eigenvalue weighted by Crippen LogP contribution is 2.25. The summed E-state index contributed by atoms with van der Waals surface area (Å²) < 4.78 is 12.1. The Morgan fingerprint density at radius 2 is 1.33 bits per heavy atom. The lowest BCUT2D eigenvalue weighted by molar-refractivity contribution is 0.0503. The van der Waals surface area contributed by atoms with Crippen LogP contribution >= 0.6 is 0 Å². The number of nitrogens with zero attached hydrogens (tertiary/aromatic N) is 1. The molecule has 0 saturated heterocycles. The minimum Gasteiger partial charge on any atom is -0.461 e. The molecule has 128 valence electrons. The van der Waals surface area contributed by atoms with Crippen molar-refractivity contribution in [2.24, 2.45) is 0 Å². The summed E-state index contributed by atoms with van der Waals surface area (Å²) in [5.41, 5.74) is 3.28. The molecule has 0 amide bonds. The molecule has 0 aliphatic carbocycles. The summed E-state index contributed by atoms with van der Waals surface area (Å²) >= 11 is 0. The highest BCUT2D eigenvalue weighted by molar-refractivity contribution is 5.96. The van der Waals surface area contributed by atoms with Crippen LogP contribution in [0.4, 0.5) is 0 Å². The van der Waals surface area contributed by atoms with Gasteiger partial charge in [-0.05, 0) is 44.4 Å². The summed E-state index contributed by atoms with van der Waals surface area (Å²) in [6, 6.07) is 9.68. The second-order valence-corrected chi connectivity index (χ2v) is 5.46. The summed E-state index contributed by atoms with van der Waals surface area (Å²) in [7, 11) is 0. The lowest BCUT2D eigenvalue weighted by Crippen LogP contribution is -2.19. The second-order valence-electron chi connectivity index (χ2n) is 5.46. The van der Waals surface area contributed by atoms with E-state index >= 15 is 0 Å². The Morgan fingerprint density at radius 3 is 1.75 bits per heavy atom. The molecule has 0 radical (unpaired) electrons. The number of benzene rings is 1. The zero-order chi connectivity index (χ0) is 17.7. The van der Waals surface area contributed by atoms with E-state index in [1.165, 1.54) is 0 Å². The summed E-state index contributed by atoms with van der Waals surface area (Å²) in [4.78, 5) is 24.9. The normalized spacial score (nSPS) is 10.5. The van der Waals surface area contributed by atoms with E-state index in [0.29, 0.717) is 17.9 Å². The molecule has 5 nitrogen and oxygen atoms in total. The minimum absolute atomic E-state index is 0.280. The predicted octanol–water partition coefficient (Wildman–Crippen LogP) is 3.51. The first-order valence-electron chi connectivity index (χ1n) is 8.09. The number of hydrogen-bond acceptors (Lipinski definition) is 4. The maximum absolute atomic E-state index is 12.4. The van der Waals surface area contributed by atoms with Crippen LogP contribution < -0.4 is 0 Å². The highest BCUT2D eigenvalue weighted by atomic mass is 16.5. The first kappa shape index (κ1) is 17.8. The van der Waals surface area contributed by atoms with Gasteiger partial charge in [-0.25, -0.2) is 9.59 Å². The predicted molar refractivity (Wildman–Crippen MR) is 91.4 cm³/mol. The zero-order valence-corrected chi connectivity index (χ0v) is 14.6. The van der Waals surface area contributed by atoms with Gasteiger partial charge in [0.2, 0.25) is 0 Å². The first-order chi connectivity index (χ1) is 11.5. The van der Waals surface area contributed by atoms with Crippen LogP contribution in [0.15, 0.2) is 30.3 Å². The van der Waals surface area contributed by atoms with Crippen molar-refractivity contribution in [3.63, 3.8) is 0 Å². The fourth-order valence-electron chi connectivity index (χ4n) is 2.72. The van der Waals surface area contributed by atoms with Gasteiger partial charge in [-0.1, -0.05) is 30.3 Å². The largest absolute Gasteiger partial charge is 0.461 e. The number of hydrogen-bond donors (Lipinski definition) is 0. The molecule has 0 unspecified atom stereocenters. The number of aromatic nitrogens is 1. The van der Waals surface area contributed by atoms with Gasteiger partial charge in [0.1, 0.15) is 11.4 Å². The fraction of sp³-hybridized carbons (Fsp3) is 0.368. The van der Waals surface area contributed by atoms with E-state index in [1.54, 1.807) is 18.4 Å². The average molecular weight is 329 g/mol. The molecule has 0 aliphatic heterocycles. The third-order valence-corrected chi connectivity index (χ3v) is 3.93. The van der Waals surface area contributed by atoms with Crippen molar-refractivity contribution in [3.8, 4) is 0 Å². The van der Waals surface area contributed by atoms with Crippen LogP contribution in [0, 0.1) is 13.8 Å². The Labute approximate surface area is 142 Å². The topological polar surface area (TPSA) is 57.5 Å². The third kappa shape index (κ3) is 3.50. The van der Waals surface area contributed by atoms with Crippen molar-refractivity contribution in [3.05, 3.63) is 58.4 Å². The number of carbonyl (C=O) groups is 2. The van der Waals surface area contributed by atoms with Gasteiger partial charge in [0, 0.05) is 6.54 Å². The Morgan fingerprint density at radius 1 is 0.875 bits per heavy atom. The summed E-state index contributed by atoms with van der Waals surface area (Å²) in [5.74, 6) is -0.853. The molecule has 2 aromatic rings. The molecule has 1 aromatic carbocycles. The molecule has 0 spiro atoms.